The van der Waals surface area contributed by atoms with E-state index in [4.69, 9.17) is 0 Å². The minimum Gasteiger partial charge on any atom is -0.481 e. The molecule has 0 aromatic rings. The number of nitrogens with zero attached hydrogens (tertiary/aromatic N) is 4. The fraction of sp³-hybridized carbons (Fsp3) is 0.750. The maximum absolute atomic E-state index is 14.2. The lowest BCUT2D eigenvalue weighted by atomic mass is 9.99. The number of hydrogen-bond donors (Lipinski definition) is 9. The SMILES string of the molecule is CC(C)[C@@H]1NC(=O)[C@@H]2CCCN2C(=O)[C@H](C(C)C)NC(=O)[C@H](C)NC(=O)[C@H]2CCCN2C(=O)CNC(=O)[C@H](C)CC[C@@H]2CCCN2C(=O)[C@H](C)NC(=O)[C@H](C)NC(=O)[C@H]2CCCN2C(=O)[C@H](C)NC(=O)[C@H](CC(=O)O)NC1=O. The first-order chi connectivity index (χ1) is 36.7. The Hall–Kier alpha value is -6.89. The van der Waals surface area contributed by atoms with E-state index in [9.17, 15) is 67.4 Å². The number of carboxylic acid groups (broad SMARTS) is 1. The van der Waals surface area contributed by atoms with Gasteiger partial charge in [-0.1, -0.05) is 34.6 Å². The largest absolute Gasteiger partial charge is 0.481 e. The lowest BCUT2D eigenvalue weighted by Gasteiger charge is -2.32. The highest BCUT2D eigenvalue weighted by atomic mass is 16.4. The zero-order valence-corrected chi connectivity index (χ0v) is 46.4. The topological polar surface area (TPSA) is 351 Å². The van der Waals surface area contributed by atoms with Crippen molar-refractivity contribution < 1.29 is 67.4 Å². The van der Waals surface area contributed by atoms with Crippen LogP contribution < -0.4 is 42.5 Å². The van der Waals surface area contributed by atoms with Gasteiger partial charge in [0.2, 0.25) is 70.9 Å². The molecule has 5 heterocycles. The number of nitrogens with one attached hydrogen (secondary N) is 8. The van der Waals surface area contributed by atoms with Gasteiger partial charge in [0.25, 0.3) is 0 Å². The molecule has 12 atom stereocenters. The van der Waals surface area contributed by atoms with E-state index in [1.54, 1.807) is 39.5 Å². The van der Waals surface area contributed by atoms with E-state index >= 15 is 0 Å². The number of rotatable bonds is 4. The Morgan fingerprint density at radius 1 is 0.449 bits per heavy atom. The zero-order chi connectivity index (χ0) is 57.9. The van der Waals surface area contributed by atoms with Crippen LogP contribution in [0, 0.1) is 17.8 Å². The van der Waals surface area contributed by atoms with E-state index in [2.05, 4.69) is 42.5 Å². The van der Waals surface area contributed by atoms with Crippen molar-refractivity contribution in [3.8, 4) is 0 Å². The van der Waals surface area contributed by atoms with E-state index in [-0.39, 0.29) is 51.0 Å². The second-order valence-electron chi connectivity index (χ2n) is 22.2. The Balaban J connectivity index is 1.36. The molecule has 0 aromatic carbocycles. The summed E-state index contributed by atoms with van der Waals surface area (Å²) < 4.78 is 0. The molecule has 0 spiro atoms. The number of carbonyl (C=O) groups is 13. The van der Waals surface area contributed by atoms with Gasteiger partial charge in [-0.05, 0) is 104 Å². The summed E-state index contributed by atoms with van der Waals surface area (Å²) in [7, 11) is 0. The first kappa shape index (κ1) is 62.0. The molecule has 5 rings (SSSR count). The van der Waals surface area contributed by atoms with Crippen LogP contribution in [-0.4, -0.2) is 201 Å². The molecule has 9 N–H and O–H groups in total. The molecule has 0 saturated carbocycles. The van der Waals surface area contributed by atoms with E-state index in [1.807, 2.05) is 0 Å². The van der Waals surface area contributed by atoms with Crippen molar-refractivity contribution in [3.05, 3.63) is 0 Å². The number of hydrogen-bond acceptors (Lipinski definition) is 13. The van der Waals surface area contributed by atoms with Gasteiger partial charge in [0.05, 0.1) is 13.0 Å². The minimum atomic E-state index is -1.74. The smallest absolute Gasteiger partial charge is 0.305 e. The fourth-order valence-electron chi connectivity index (χ4n) is 10.8. The standard InChI is InChI=1S/C52H82N12O14/c1-26(2)40-49(75)58-34(24-39(66)67)45(71)57-32(9)51(77)63-22-12-16-36(63)47(73)54-29(6)43(69)56-31(8)50(76)61-20-10-14-33(61)19-18-28(5)42(68)53-25-38(65)62-21-11-15-35(62)46(72)55-30(7)44(70)60-41(27(3)4)52(78)64-23-13-17-37(64)48(74)59-40/h26-37,40-41H,10-25H2,1-9H3,(H,53,68)(H,54,73)(H,55,72)(H,56,69)(H,57,71)(H,58,75)(H,59,74)(H,60,70)(H,66,67)/t28-,29+,30+,31+,32+,33+,34+,35-,36-,37+,40+,41+/m1/s1. The Kier molecular flexibility index (Phi) is 21.9. The van der Waals surface area contributed by atoms with Crippen molar-refractivity contribution in [2.24, 2.45) is 17.8 Å². The number of amides is 12. The van der Waals surface area contributed by atoms with Crippen molar-refractivity contribution in [1.29, 1.82) is 0 Å². The normalized spacial score (nSPS) is 32.0. The molecule has 26 heteroatoms. The van der Waals surface area contributed by atoms with Crippen LogP contribution in [0.4, 0.5) is 0 Å². The summed E-state index contributed by atoms with van der Waals surface area (Å²) in [6.45, 7) is 14.5. The van der Waals surface area contributed by atoms with Crippen molar-refractivity contribution in [2.45, 2.75) is 199 Å². The number of aliphatic carboxylic acids is 1. The van der Waals surface area contributed by atoms with E-state index in [0.29, 0.717) is 57.9 Å². The zero-order valence-electron chi connectivity index (χ0n) is 46.4. The highest BCUT2D eigenvalue weighted by Gasteiger charge is 2.43. The highest BCUT2D eigenvalue weighted by Crippen LogP contribution is 2.26. The lowest BCUT2D eigenvalue weighted by Crippen LogP contribution is -2.61. The lowest BCUT2D eigenvalue weighted by molar-refractivity contribution is -0.144. The molecular formula is C52H82N12O14. The molecule has 12 amide bonds. The summed E-state index contributed by atoms with van der Waals surface area (Å²) >= 11 is 0. The maximum atomic E-state index is 14.2. The van der Waals surface area contributed by atoms with E-state index in [0.717, 1.165) is 0 Å². The van der Waals surface area contributed by atoms with Crippen molar-refractivity contribution in [1.82, 2.24) is 62.1 Å². The third kappa shape index (κ3) is 15.7. The van der Waals surface area contributed by atoms with E-state index in [1.165, 1.54) is 42.4 Å². The average Bonchev–Trinajstić information content (AvgIpc) is 4.25. The predicted octanol–water partition coefficient (Wildman–Crippen LogP) is -2.24. The van der Waals surface area contributed by atoms with Crippen LogP contribution >= 0.6 is 0 Å². The Labute approximate surface area is 455 Å². The summed E-state index contributed by atoms with van der Waals surface area (Å²) in [5, 5.41) is 30.6. The molecule has 0 aliphatic carbocycles. The minimum absolute atomic E-state index is 0.114. The van der Waals surface area contributed by atoms with Crippen molar-refractivity contribution >= 4 is 76.9 Å². The van der Waals surface area contributed by atoms with Gasteiger partial charge in [0, 0.05) is 38.1 Å². The maximum Gasteiger partial charge on any atom is 0.305 e. The van der Waals surface area contributed by atoms with Crippen molar-refractivity contribution in [2.75, 3.05) is 32.7 Å². The predicted molar refractivity (Wildman–Crippen MR) is 278 cm³/mol. The summed E-state index contributed by atoms with van der Waals surface area (Å²) in [4.78, 5) is 182. The van der Waals surface area contributed by atoms with Crippen molar-refractivity contribution in [3.63, 3.8) is 0 Å². The highest BCUT2D eigenvalue weighted by molar-refractivity contribution is 6.00. The second kappa shape index (κ2) is 27.6. The van der Waals surface area contributed by atoms with Crippen LogP contribution in [0.25, 0.3) is 0 Å². The molecule has 26 nitrogen and oxygen atoms in total. The van der Waals surface area contributed by atoms with Gasteiger partial charge in [-0.15, -0.1) is 0 Å². The van der Waals surface area contributed by atoms with Crippen LogP contribution in [0.3, 0.4) is 0 Å². The van der Waals surface area contributed by atoms with Gasteiger partial charge in [0.15, 0.2) is 0 Å². The fourth-order valence-corrected chi connectivity index (χ4v) is 10.8. The second-order valence-corrected chi connectivity index (χ2v) is 22.2. The van der Waals surface area contributed by atoms with Gasteiger partial charge < -0.3 is 67.2 Å². The monoisotopic (exact) mass is 1100 g/mol. The molecule has 78 heavy (non-hydrogen) atoms. The molecule has 0 unspecified atom stereocenters. The van der Waals surface area contributed by atoms with Crippen LogP contribution in [0.5, 0.6) is 0 Å². The summed E-state index contributed by atoms with van der Waals surface area (Å²) in [6.07, 6.45) is 3.28. The molecule has 5 saturated heterocycles. The Morgan fingerprint density at radius 3 is 1.41 bits per heavy atom. The number of carboxylic acids is 1. The first-order valence-corrected chi connectivity index (χ1v) is 27.5. The van der Waals surface area contributed by atoms with Gasteiger partial charge in [-0.3, -0.25) is 62.3 Å². The quantitative estimate of drug-likeness (QED) is 0.144. The van der Waals surface area contributed by atoms with Crippen LogP contribution in [0.15, 0.2) is 0 Å². The molecule has 0 radical (unpaired) electrons. The third-order valence-electron chi connectivity index (χ3n) is 15.5. The number of fused-ring (bicyclic) bond motifs is 4. The molecule has 0 bridgehead atoms. The summed E-state index contributed by atoms with van der Waals surface area (Å²) in [6, 6.07) is -12.2. The third-order valence-corrected chi connectivity index (χ3v) is 15.5. The number of carbonyl (C=O) groups excluding carboxylic acids is 12. The van der Waals surface area contributed by atoms with Crippen LogP contribution in [0.1, 0.15) is 133 Å². The summed E-state index contributed by atoms with van der Waals surface area (Å²) in [5.41, 5.74) is 0. The van der Waals surface area contributed by atoms with Gasteiger partial charge in [0.1, 0.15) is 60.4 Å². The van der Waals surface area contributed by atoms with Crippen LogP contribution in [-0.2, 0) is 62.3 Å². The molecule has 434 valence electrons. The van der Waals surface area contributed by atoms with Gasteiger partial charge in [-0.2, -0.15) is 0 Å². The first-order valence-electron chi connectivity index (χ1n) is 27.5. The van der Waals surface area contributed by atoms with E-state index < -0.39 is 156 Å². The molecule has 5 aliphatic heterocycles. The van der Waals surface area contributed by atoms with Crippen LogP contribution in [0.2, 0.25) is 0 Å². The Bertz CT molecular complexity index is 2310. The Morgan fingerprint density at radius 2 is 0.872 bits per heavy atom. The molecular weight excluding hydrogens is 1020 g/mol. The summed E-state index contributed by atoms with van der Waals surface area (Å²) in [5.74, 6) is -11.0. The van der Waals surface area contributed by atoms with Gasteiger partial charge >= 0.3 is 5.97 Å². The van der Waals surface area contributed by atoms with Gasteiger partial charge in [-0.25, -0.2) is 0 Å². The molecule has 0 aromatic heterocycles. The molecule has 5 aliphatic rings. The molecule has 5 fully saturated rings. The average molecular weight is 1100 g/mol.